The second kappa shape index (κ2) is 7.17. The molecule has 1 unspecified atom stereocenters. The molecule has 1 heterocycles. The number of hydrogen-bond donors (Lipinski definition) is 2. The average molecular weight is 323 g/mol. The number of aliphatic hydroxyl groups is 1. The number of urea groups is 1. The molecule has 2 amide bonds. The van der Waals surface area contributed by atoms with E-state index in [0.717, 1.165) is 24.1 Å². The Labute approximate surface area is 137 Å². The number of rotatable bonds is 3. The number of piperidine rings is 1. The van der Waals surface area contributed by atoms with Crippen molar-refractivity contribution < 1.29 is 14.3 Å². The maximum Gasteiger partial charge on any atom is 0.318 e. The predicted octanol–water partition coefficient (Wildman–Crippen LogP) is 2.51. The van der Waals surface area contributed by atoms with E-state index in [0.29, 0.717) is 6.54 Å². The smallest absolute Gasteiger partial charge is 0.318 e. The lowest BCUT2D eigenvalue weighted by atomic mass is 10.0. The Morgan fingerprint density at radius 3 is 2.78 bits per heavy atom. The maximum absolute atomic E-state index is 13.6. The minimum absolute atomic E-state index is 0.0893. The number of carbonyl (C=O) groups is 1. The highest BCUT2D eigenvalue weighted by atomic mass is 19.1. The molecule has 0 aromatic heterocycles. The number of hydrogen-bond acceptors (Lipinski definition) is 3. The van der Waals surface area contributed by atoms with Gasteiger partial charge >= 0.3 is 6.03 Å². The lowest BCUT2D eigenvalue weighted by Crippen LogP contribution is -2.51. The van der Waals surface area contributed by atoms with Gasteiger partial charge in [0.15, 0.2) is 0 Å². The first kappa shape index (κ1) is 17.5. The number of halogens is 1. The summed E-state index contributed by atoms with van der Waals surface area (Å²) in [7, 11) is 3.77. The van der Waals surface area contributed by atoms with Gasteiger partial charge in [0.1, 0.15) is 5.82 Å². The van der Waals surface area contributed by atoms with Crippen molar-refractivity contribution in [1.82, 2.24) is 10.2 Å². The number of aliphatic hydroxyl groups excluding tert-OH is 1. The summed E-state index contributed by atoms with van der Waals surface area (Å²) in [6.07, 6.45) is 1.03. The molecule has 6 heteroatoms. The normalized spacial score (nSPS) is 22.6. The minimum Gasteiger partial charge on any atom is -0.391 e. The second-order valence-electron chi connectivity index (χ2n) is 6.50. The molecule has 0 radical (unpaired) electrons. The van der Waals surface area contributed by atoms with Gasteiger partial charge in [0, 0.05) is 37.9 Å². The molecule has 23 heavy (non-hydrogen) atoms. The summed E-state index contributed by atoms with van der Waals surface area (Å²) in [5.74, 6) is -0.325. The molecule has 1 aromatic carbocycles. The zero-order chi connectivity index (χ0) is 17.1. The van der Waals surface area contributed by atoms with Crippen LogP contribution in [0.2, 0.25) is 0 Å². The van der Waals surface area contributed by atoms with E-state index in [1.165, 1.54) is 12.1 Å². The summed E-state index contributed by atoms with van der Waals surface area (Å²) in [4.78, 5) is 16.0. The van der Waals surface area contributed by atoms with Crippen LogP contribution in [0.5, 0.6) is 0 Å². The minimum atomic E-state index is -0.473. The van der Waals surface area contributed by atoms with Crippen LogP contribution in [0.15, 0.2) is 18.2 Å². The number of nitrogens with one attached hydrogen (secondary N) is 1. The van der Waals surface area contributed by atoms with Crippen LogP contribution in [0.1, 0.15) is 38.3 Å². The molecule has 1 fully saturated rings. The molecular formula is C17H26FN3O2. The van der Waals surface area contributed by atoms with Crippen LogP contribution >= 0.6 is 0 Å². The summed E-state index contributed by atoms with van der Waals surface area (Å²) in [6.45, 7) is 4.15. The van der Waals surface area contributed by atoms with Crippen LogP contribution in [0, 0.1) is 5.82 Å². The number of amides is 2. The highest BCUT2D eigenvalue weighted by molar-refractivity contribution is 5.75. The van der Waals surface area contributed by atoms with Gasteiger partial charge in [-0.3, -0.25) is 0 Å². The Kier molecular flexibility index (Phi) is 5.46. The first-order chi connectivity index (χ1) is 10.8. The van der Waals surface area contributed by atoms with Gasteiger partial charge < -0.3 is 20.2 Å². The van der Waals surface area contributed by atoms with Crippen molar-refractivity contribution in [1.29, 1.82) is 0 Å². The lowest BCUT2D eigenvalue weighted by Gasteiger charge is -2.37. The van der Waals surface area contributed by atoms with E-state index < -0.39 is 6.10 Å². The van der Waals surface area contributed by atoms with Gasteiger partial charge in [-0.15, -0.1) is 0 Å². The monoisotopic (exact) mass is 323 g/mol. The first-order valence-corrected chi connectivity index (χ1v) is 8.01. The average Bonchev–Trinajstić information content (AvgIpc) is 2.49. The van der Waals surface area contributed by atoms with Crippen LogP contribution in [0.3, 0.4) is 0 Å². The molecule has 1 aliphatic rings. The van der Waals surface area contributed by atoms with Crippen molar-refractivity contribution in [3.63, 3.8) is 0 Å². The lowest BCUT2D eigenvalue weighted by molar-refractivity contribution is 0.0591. The van der Waals surface area contributed by atoms with Crippen LogP contribution in [0.4, 0.5) is 14.9 Å². The van der Waals surface area contributed by atoms with E-state index >= 15 is 0 Å². The zero-order valence-corrected chi connectivity index (χ0v) is 14.2. The summed E-state index contributed by atoms with van der Waals surface area (Å²) in [5.41, 5.74) is 1.60. The molecule has 0 aliphatic carbocycles. The van der Waals surface area contributed by atoms with E-state index in [9.17, 15) is 14.3 Å². The van der Waals surface area contributed by atoms with E-state index in [1.54, 1.807) is 11.0 Å². The van der Waals surface area contributed by atoms with Crippen molar-refractivity contribution >= 4 is 11.7 Å². The largest absolute Gasteiger partial charge is 0.391 e. The zero-order valence-electron chi connectivity index (χ0n) is 14.2. The van der Waals surface area contributed by atoms with Gasteiger partial charge in [-0.05, 0) is 44.9 Å². The number of carbonyl (C=O) groups excluding carboxylic acids is 1. The molecule has 0 saturated carbocycles. The SMILES string of the molecule is CC(NC(=O)N1C[C@@H](O)CC[C@@H]1C)c1cc(F)ccc1N(C)C. The molecule has 5 nitrogen and oxygen atoms in total. The fourth-order valence-corrected chi connectivity index (χ4v) is 3.00. The third-order valence-corrected chi connectivity index (χ3v) is 4.40. The van der Waals surface area contributed by atoms with Crippen molar-refractivity contribution in [3.05, 3.63) is 29.6 Å². The molecule has 2 N–H and O–H groups in total. The van der Waals surface area contributed by atoms with Crippen molar-refractivity contribution in [2.75, 3.05) is 25.5 Å². The summed E-state index contributed by atoms with van der Waals surface area (Å²) < 4.78 is 13.6. The van der Waals surface area contributed by atoms with Crippen LogP contribution in [-0.4, -0.2) is 48.8 Å². The summed E-state index contributed by atoms with van der Waals surface area (Å²) in [6, 6.07) is 4.11. The number of anilines is 1. The number of likely N-dealkylation sites (tertiary alicyclic amines) is 1. The standard InChI is InChI=1S/C17H26FN3O2/c1-11-5-7-14(22)10-21(11)17(23)19-12(2)15-9-13(18)6-8-16(15)20(3)4/h6,8-9,11-12,14,22H,5,7,10H2,1-4H3,(H,19,23)/t11-,12?,14-/m0/s1. The predicted molar refractivity (Wildman–Crippen MR) is 89.1 cm³/mol. The van der Waals surface area contributed by atoms with Gasteiger partial charge in [-0.1, -0.05) is 0 Å². The first-order valence-electron chi connectivity index (χ1n) is 8.01. The van der Waals surface area contributed by atoms with E-state index in [-0.39, 0.29) is 23.9 Å². The van der Waals surface area contributed by atoms with E-state index in [4.69, 9.17) is 0 Å². The Morgan fingerprint density at radius 1 is 1.43 bits per heavy atom. The Hall–Kier alpha value is -1.82. The van der Waals surface area contributed by atoms with Crippen molar-refractivity contribution in [2.24, 2.45) is 0 Å². The van der Waals surface area contributed by atoms with Crippen molar-refractivity contribution in [3.8, 4) is 0 Å². The number of nitrogens with zero attached hydrogens (tertiary/aromatic N) is 2. The highest BCUT2D eigenvalue weighted by Crippen LogP contribution is 2.26. The van der Waals surface area contributed by atoms with Crippen molar-refractivity contribution in [2.45, 2.75) is 44.9 Å². The summed E-state index contributed by atoms with van der Waals surface area (Å²) >= 11 is 0. The quantitative estimate of drug-likeness (QED) is 0.899. The Morgan fingerprint density at radius 2 is 2.13 bits per heavy atom. The summed E-state index contributed by atoms with van der Waals surface area (Å²) in [5, 5.41) is 12.7. The second-order valence-corrected chi connectivity index (χ2v) is 6.50. The number of benzene rings is 1. The third kappa shape index (κ3) is 4.13. The topological polar surface area (TPSA) is 55.8 Å². The van der Waals surface area contributed by atoms with Crippen LogP contribution in [0.25, 0.3) is 0 Å². The van der Waals surface area contributed by atoms with Gasteiger partial charge in [0.25, 0.3) is 0 Å². The van der Waals surface area contributed by atoms with Gasteiger partial charge in [-0.25, -0.2) is 9.18 Å². The molecule has 0 spiro atoms. The fraction of sp³-hybridized carbons (Fsp3) is 0.588. The molecular weight excluding hydrogens is 297 g/mol. The van der Waals surface area contributed by atoms with E-state index in [2.05, 4.69) is 5.32 Å². The molecule has 1 saturated heterocycles. The molecule has 0 bridgehead atoms. The molecule has 3 atom stereocenters. The molecule has 1 aliphatic heterocycles. The highest BCUT2D eigenvalue weighted by Gasteiger charge is 2.29. The van der Waals surface area contributed by atoms with Gasteiger partial charge in [0.2, 0.25) is 0 Å². The molecule has 2 rings (SSSR count). The van der Waals surface area contributed by atoms with Crippen LogP contribution < -0.4 is 10.2 Å². The maximum atomic E-state index is 13.6. The molecule has 1 aromatic rings. The Balaban J connectivity index is 2.13. The fourth-order valence-electron chi connectivity index (χ4n) is 3.00. The van der Waals surface area contributed by atoms with E-state index in [1.807, 2.05) is 32.8 Å². The Bertz CT molecular complexity index is 565. The van der Waals surface area contributed by atoms with Gasteiger partial charge in [0.05, 0.1) is 12.1 Å². The molecule has 128 valence electrons. The number of β-amino-alcohol motifs (C(OH)–C–C–N with tert-alkyl or cyclic N) is 1. The third-order valence-electron chi connectivity index (χ3n) is 4.40. The van der Waals surface area contributed by atoms with Crippen LogP contribution in [-0.2, 0) is 0 Å². The van der Waals surface area contributed by atoms with Gasteiger partial charge in [-0.2, -0.15) is 0 Å².